The van der Waals surface area contributed by atoms with Crippen molar-refractivity contribution < 1.29 is 38.1 Å². The first-order valence-corrected chi connectivity index (χ1v) is 13.8. The number of fused-ring (bicyclic) bond motifs is 1. The molecule has 10 heteroatoms. The fraction of sp³-hybridized carbons (Fsp3) is 0.250. The van der Waals surface area contributed by atoms with Crippen molar-refractivity contribution in [3.63, 3.8) is 0 Å². The fourth-order valence-corrected chi connectivity index (χ4v) is 4.74. The van der Waals surface area contributed by atoms with Crippen molar-refractivity contribution in [2.24, 2.45) is 0 Å². The van der Waals surface area contributed by atoms with Gasteiger partial charge in [-0.25, -0.2) is 8.78 Å². The number of hydrogen-bond donors (Lipinski definition) is 2. The van der Waals surface area contributed by atoms with Crippen molar-refractivity contribution in [1.29, 1.82) is 0 Å². The van der Waals surface area contributed by atoms with Gasteiger partial charge < -0.3 is 24.3 Å². The molecule has 4 aromatic rings. The van der Waals surface area contributed by atoms with E-state index in [-0.39, 0.29) is 30.3 Å². The molecule has 0 saturated carbocycles. The monoisotopic (exact) mass is 597 g/mol. The van der Waals surface area contributed by atoms with Crippen LogP contribution in [0, 0.1) is 11.6 Å². The lowest BCUT2D eigenvalue weighted by Crippen LogP contribution is -2.07. The van der Waals surface area contributed by atoms with Gasteiger partial charge in [-0.15, -0.1) is 0 Å². The van der Waals surface area contributed by atoms with Gasteiger partial charge in [0.1, 0.15) is 34.7 Å². The van der Waals surface area contributed by atoms with Crippen LogP contribution in [0.15, 0.2) is 60.8 Å². The summed E-state index contributed by atoms with van der Waals surface area (Å²) in [5.74, 6) is -2.78. The molecular weight excluding hydrogens is 568 g/mol. The van der Waals surface area contributed by atoms with Crippen LogP contribution >= 0.6 is 11.6 Å². The first-order chi connectivity index (χ1) is 20.2. The molecule has 0 atom stereocenters. The summed E-state index contributed by atoms with van der Waals surface area (Å²) in [7, 11) is 0. The van der Waals surface area contributed by atoms with Crippen LogP contribution in [0.3, 0.4) is 0 Å². The third kappa shape index (κ3) is 8.33. The maximum Gasteiger partial charge on any atom is 0.323 e. The van der Waals surface area contributed by atoms with Crippen molar-refractivity contribution in [3.05, 3.63) is 94.1 Å². The molecule has 0 radical (unpaired) electrons. The number of hydrogen-bond acceptors (Lipinski definition) is 4. The highest BCUT2D eigenvalue weighted by Gasteiger charge is 2.14. The third-order valence-electron chi connectivity index (χ3n) is 6.51. The van der Waals surface area contributed by atoms with Crippen molar-refractivity contribution in [1.82, 2.24) is 4.57 Å². The third-order valence-corrected chi connectivity index (χ3v) is 6.88. The number of carboxylic acids is 2. The van der Waals surface area contributed by atoms with Crippen molar-refractivity contribution in [3.8, 4) is 11.5 Å². The molecule has 7 nitrogen and oxygen atoms in total. The Balaban J connectivity index is 1.33. The Morgan fingerprint density at radius 2 is 1.64 bits per heavy atom. The molecule has 2 N–H and O–H groups in total. The van der Waals surface area contributed by atoms with E-state index in [4.69, 9.17) is 26.2 Å². The summed E-state index contributed by atoms with van der Waals surface area (Å²) >= 11 is 5.80. The Bertz CT molecular complexity index is 1580. The van der Waals surface area contributed by atoms with Gasteiger partial charge in [0.2, 0.25) is 0 Å². The molecule has 0 aliphatic carbocycles. The summed E-state index contributed by atoms with van der Waals surface area (Å²) in [5.41, 5.74) is 3.48. The van der Waals surface area contributed by atoms with Crippen LogP contribution in [0.5, 0.6) is 11.5 Å². The topological polar surface area (TPSA) is 98.0 Å². The number of ether oxygens (including phenoxy) is 2. The van der Waals surface area contributed by atoms with E-state index in [2.05, 4.69) is 0 Å². The molecule has 0 saturated heterocycles. The molecule has 1 heterocycles. The van der Waals surface area contributed by atoms with Gasteiger partial charge in [-0.2, -0.15) is 0 Å². The van der Waals surface area contributed by atoms with Crippen LogP contribution in [0.4, 0.5) is 8.78 Å². The molecule has 0 aliphatic rings. The highest BCUT2D eigenvalue weighted by Crippen LogP contribution is 2.29. The lowest BCUT2D eigenvalue weighted by atomic mass is 10.0. The van der Waals surface area contributed by atoms with E-state index in [1.807, 2.05) is 54.6 Å². The van der Waals surface area contributed by atoms with Crippen LogP contribution in [-0.2, 0) is 22.6 Å². The summed E-state index contributed by atoms with van der Waals surface area (Å²) in [6.07, 6.45) is 7.97. The predicted octanol–water partition coefficient (Wildman–Crippen LogP) is 7.47. The first kappa shape index (κ1) is 30.6. The van der Waals surface area contributed by atoms with Crippen molar-refractivity contribution >= 4 is 46.6 Å². The maximum atomic E-state index is 13.5. The fourth-order valence-electron chi connectivity index (χ4n) is 4.57. The molecule has 1 aromatic heterocycles. The van der Waals surface area contributed by atoms with E-state index in [1.165, 1.54) is 0 Å². The number of unbranched alkanes of at least 4 members (excludes halogenated alkanes) is 1. The predicted molar refractivity (Wildman–Crippen MR) is 157 cm³/mol. The Labute approximate surface area is 246 Å². The standard InChI is InChI=1S/C32H30ClF2NO6/c33-31-27(35)17-24(34)18-28(31)42-16-2-1-15-41-25-13-10-21(11-14-25)9-12-22-5-3-7-26-23(6-4-8-29(37)38)19-36(32(22)26)20-30(39)40/h3,5,7,9-14,17-19H,1-2,4,6,8,15-16,20H2,(H,37,38)(H,39,40). The van der Waals surface area contributed by atoms with Gasteiger partial charge in [0, 0.05) is 30.1 Å². The summed E-state index contributed by atoms with van der Waals surface area (Å²) in [4.78, 5) is 22.4. The Morgan fingerprint density at radius 3 is 2.36 bits per heavy atom. The second kappa shape index (κ2) is 14.5. The van der Waals surface area contributed by atoms with Crippen LogP contribution in [0.2, 0.25) is 5.02 Å². The van der Waals surface area contributed by atoms with Crippen LogP contribution in [0.25, 0.3) is 23.1 Å². The zero-order valence-corrected chi connectivity index (χ0v) is 23.4. The average molecular weight is 598 g/mol. The summed E-state index contributed by atoms with van der Waals surface area (Å²) < 4.78 is 39.7. The van der Waals surface area contributed by atoms with E-state index < -0.39 is 23.6 Å². The summed E-state index contributed by atoms with van der Waals surface area (Å²) in [6, 6.07) is 15.0. The molecule has 220 valence electrons. The van der Waals surface area contributed by atoms with E-state index in [0.29, 0.717) is 44.1 Å². The normalized spacial score (nSPS) is 11.3. The van der Waals surface area contributed by atoms with Crippen molar-refractivity contribution in [2.45, 2.75) is 38.6 Å². The molecule has 4 rings (SSSR count). The number of rotatable bonds is 15. The molecule has 0 aliphatic heterocycles. The van der Waals surface area contributed by atoms with Gasteiger partial charge >= 0.3 is 11.9 Å². The smallest absolute Gasteiger partial charge is 0.323 e. The number of aliphatic carboxylic acids is 2. The zero-order valence-electron chi connectivity index (χ0n) is 22.7. The quantitative estimate of drug-likeness (QED) is 0.0838. The van der Waals surface area contributed by atoms with E-state index in [1.54, 1.807) is 10.8 Å². The van der Waals surface area contributed by atoms with E-state index in [0.717, 1.165) is 33.7 Å². The largest absolute Gasteiger partial charge is 0.494 e. The SMILES string of the molecule is O=C(O)CCCc1cn(CC(=O)O)c2c(C=Cc3ccc(OCCCCOc4cc(F)cc(F)c4Cl)cc3)cccc12. The molecule has 0 amide bonds. The molecule has 0 fully saturated rings. The summed E-state index contributed by atoms with van der Waals surface area (Å²) in [5, 5.41) is 19.1. The second-order valence-electron chi connectivity index (χ2n) is 9.67. The van der Waals surface area contributed by atoms with E-state index >= 15 is 0 Å². The van der Waals surface area contributed by atoms with E-state index in [9.17, 15) is 23.5 Å². The minimum Gasteiger partial charge on any atom is -0.494 e. The van der Waals surface area contributed by atoms with Gasteiger partial charge in [0.15, 0.2) is 0 Å². The van der Waals surface area contributed by atoms with Crippen LogP contribution in [0.1, 0.15) is 42.4 Å². The number of aryl methyl sites for hydroxylation is 1. The molecule has 0 spiro atoms. The molecule has 0 bridgehead atoms. The second-order valence-corrected chi connectivity index (χ2v) is 10.1. The number of nitrogens with zero attached hydrogens (tertiary/aromatic N) is 1. The van der Waals surface area contributed by atoms with Gasteiger partial charge in [-0.05, 0) is 54.5 Å². The Kier molecular flexibility index (Phi) is 10.6. The summed E-state index contributed by atoms with van der Waals surface area (Å²) in [6.45, 7) is 0.471. The van der Waals surface area contributed by atoms with Gasteiger partial charge in [0.25, 0.3) is 0 Å². The number of halogens is 3. The lowest BCUT2D eigenvalue weighted by Gasteiger charge is -2.09. The Morgan fingerprint density at radius 1 is 0.905 bits per heavy atom. The maximum absolute atomic E-state index is 13.5. The minimum atomic E-state index is -0.961. The van der Waals surface area contributed by atoms with Gasteiger partial charge in [-0.3, -0.25) is 9.59 Å². The number of para-hydroxylation sites is 1. The molecule has 42 heavy (non-hydrogen) atoms. The minimum absolute atomic E-state index is 0.0266. The highest BCUT2D eigenvalue weighted by atomic mass is 35.5. The van der Waals surface area contributed by atoms with Gasteiger partial charge in [0.05, 0.1) is 18.7 Å². The first-order valence-electron chi connectivity index (χ1n) is 13.4. The lowest BCUT2D eigenvalue weighted by molar-refractivity contribution is -0.138. The molecular formula is C32H30ClF2NO6. The number of carboxylic acid groups (broad SMARTS) is 2. The number of aromatic nitrogens is 1. The van der Waals surface area contributed by atoms with Gasteiger partial charge in [-0.1, -0.05) is 54.1 Å². The molecule has 0 unspecified atom stereocenters. The number of benzene rings is 3. The number of carbonyl (C=O) groups is 2. The van der Waals surface area contributed by atoms with Crippen LogP contribution < -0.4 is 9.47 Å². The Hall–Kier alpha value is -4.37. The zero-order chi connectivity index (χ0) is 30.1. The van der Waals surface area contributed by atoms with Crippen molar-refractivity contribution in [2.75, 3.05) is 13.2 Å². The van der Waals surface area contributed by atoms with Crippen LogP contribution in [-0.4, -0.2) is 39.9 Å². The average Bonchev–Trinajstić information content (AvgIpc) is 3.29. The molecule has 3 aromatic carbocycles. The highest BCUT2D eigenvalue weighted by molar-refractivity contribution is 6.32.